The topological polar surface area (TPSA) is 113 Å². The molecule has 0 aliphatic carbocycles. The normalized spacial score (nSPS) is 11.5. The molecular weight excluding hydrogens is 1200 g/mol. The fraction of sp³-hybridized carbons (Fsp3) is 0. The lowest BCUT2D eigenvalue weighted by molar-refractivity contribution is 1.05. The van der Waals surface area contributed by atoms with Gasteiger partial charge in [-0.3, -0.25) is 0 Å². The SMILES string of the molecule is c1ccc(-c2ccc3c(c2)c2cc(-c4cccc(-c5ccccc5)n4)ccc2n3-c2cc(-c3nc(-c4ccccc4)nc(-c4ccccc4)n3)c(-n3c4ccccc4c4cc(-c5cccc(-c6ccccc6)n5)ccc43)c(-c3nc(-c4ccccc4)nc(-c4ccccc4)n3)c2)cc1. The second kappa shape index (κ2) is 24.5. The number of aromatic nitrogens is 10. The lowest BCUT2D eigenvalue weighted by Crippen LogP contribution is -2.09. The Labute approximate surface area is 564 Å². The van der Waals surface area contributed by atoms with Crippen LogP contribution in [0.4, 0.5) is 0 Å². The maximum atomic E-state index is 5.64. The van der Waals surface area contributed by atoms with E-state index < -0.39 is 0 Å². The first-order valence-electron chi connectivity index (χ1n) is 32.7. The number of hydrogen-bond acceptors (Lipinski definition) is 8. The second-order valence-corrected chi connectivity index (χ2v) is 24.3. The van der Waals surface area contributed by atoms with E-state index in [-0.39, 0.29) is 0 Å². The molecule has 6 heterocycles. The minimum absolute atomic E-state index is 0.444. The summed E-state index contributed by atoms with van der Waals surface area (Å²) in [5.41, 5.74) is 20.0. The summed E-state index contributed by atoms with van der Waals surface area (Å²) in [5, 5.41) is 4.18. The smallest absolute Gasteiger partial charge is 0.166 e. The highest BCUT2D eigenvalue weighted by atomic mass is 15.1. The lowest BCUT2D eigenvalue weighted by Gasteiger charge is -2.21. The molecule has 0 bridgehead atoms. The zero-order valence-electron chi connectivity index (χ0n) is 52.8. The van der Waals surface area contributed by atoms with Crippen LogP contribution in [0, 0.1) is 0 Å². The van der Waals surface area contributed by atoms with Crippen LogP contribution >= 0.6 is 0 Å². The molecule has 12 aromatic carbocycles. The third-order valence-electron chi connectivity index (χ3n) is 18.2. The van der Waals surface area contributed by atoms with Gasteiger partial charge in [-0.05, 0) is 90.0 Å². The van der Waals surface area contributed by atoms with E-state index in [2.05, 4.69) is 264 Å². The summed E-state index contributed by atoms with van der Waals surface area (Å²) in [5.74, 6) is 2.96. The Bertz CT molecular complexity index is 5760. The van der Waals surface area contributed by atoms with Gasteiger partial charge in [0.1, 0.15) is 0 Å². The maximum absolute atomic E-state index is 5.64. The van der Waals surface area contributed by atoms with Crippen LogP contribution in [0.15, 0.2) is 340 Å². The van der Waals surface area contributed by atoms with E-state index in [1.54, 1.807) is 0 Å². The number of fused-ring (bicyclic) bond motifs is 6. The molecule has 6 aromatic heterocycles. The third kappa shape index (κ3) is 10.5. The molecule has 98 heavy (non-hydrogen) atoms. The van der Waals surface area contributed by atoms with E-state index in [9.17, 15) is 0 Å². The number of rotatable bonds is 13. The van der Waals surface area contributed by atoms with Crippen molar-refractivity contribution in [3.05, 3.63) is 340 Å². The van der Waals surface area contributed by atoms with Crippen LogP contribution in [-0.4, -0.2) is 49.0 Å². The largest absolute Gasteiger partial charge is 0.309 e. The quantitative estimate of drug-likeness (QED) is 0.112. The van der Waals surface area contributed by atoms with E-state index >= 15 is 0 Å². The van der Waals surface area contributed by atoms with Gasteiger partial charge in [0, 0.05) is 82.9 Å². The summed E-state index contributed by atoms with van der Waals surface area (Å²) in [6, 6.07) is 118. The molecular formula is C88H56N10. The summed E-state index contributed by atoms with van der Waals surface area (Å²) in [6.07, 6.45) is 0. The van der Waals surface area contributed by atoms with Crippen molar-refractivity contribution in [2.45, 2.75) is 0 Å². The molecule has 458 valence electrons. The van der Waals surface area contributed by atoms with Gasteiger partial charge in [-0.2, -0.15) is 0 Å². The Balaban J connectivity index is 0.978. The molecule has 18 rings (SSSR count). The zero-order valence-corrected chi connectivity index (χ0v) is 52.8. The van der Waals surface area contributed by atoms with Crippen LogP contribution in [0.3, 0.4) is 0 Å². The van der Waals surface area contributed by atoms with Crippen LogP contribution < -0.4 is 0 Å². The molecule has 0 saturated carbocycles. The molecule has 0 unspecified atom stereocenters. The third-order valence-corrected chi connectivity index (χ3v) is 18.2. The minimum Gasteiger partial charge on any atom is -0.309 e. The van der Waals surface area contributed by atoms with E-state index in [1.165, 1.54) is 0 Å². The molecule has 0 spiro atoms. The predicted octanol–water partition coefficient (Wildman–Crippen LogP) is 21.4. The van der Waals surface area contributed by atoms with Crippen molar-refractivity contribution >= 4 is 43.6 Å². The number of nitrogens with zero attached hydrogens (tertiary/aromatic N) is 10. The molecule has 10 heteroatoms. The van der Waals surface area contributed by atoms with Crippen LogP contribution in [0.1, 0.15) is 0 Å². The van der Waals surface area contributed by atoms with Gasteiger partial charge in [0.15, 0.2) is 34.9 Å². The number of benzene rings is 12. The Morgan fingerprint density at radius 2 is 0.469 bits per heavy atom. The van der Waals surface area contributed by atoms with Crippen LogP contribution in [0.25, 0.3) is 179 Å². The molecule has 0 fully saturated rings. The maximum Gasteiger partial charge on any atom is 0.166 e. The molecule has 10 nitrogen and oxygen atoms in total. The number of para-hydroxylation sites is 1. The number of hydrogen-bond donors (Lipinski definition) is 0. The summed E-state index contributed by atoms with van der Waals surface area (Å²) >= 11 is 0. The van der Waals surface area contributed by atoms with Gasteiger partial charge >= 0.3 is 0 Å². The van der Waals surface area contributed by atoms with Gasteiger partial charge in [-0.1, -0.05) is 261 Å². The zero-order chi connectivity index (χ0) is 64.9. The van der Waals surface area contributed by atoms with Crippen molar-refractivity contribution in [2.75, 3.05) is 0 Å². The molecule has 0 radical (unpaired) electrons. The summed E-state index contributed by atoms with van der Waals surface area (Å²) < 4.78 is 4.73. The van der Waals surface area contributed by atoms with E-state index in [0.29, 0.717) is 46.1 Å². The molecule has 0 aliphatic heterocycles. The molecule has 0 amide bonds. The van der Waals surface area contributed by atoms with Gasteiger partial charge in [-0.25, -0.2) is 39.9 Å². The van der Waals surface area contributed by atoms with Crippen LogP contribution in [0.2, 0.25) is 0 Å². The van der Waals surface area contributed by atoms with Crippen molar-refractivity contribution < 1.29 is 0 Å². The van der Waals surface area contributed by atoms with E-state index in [4.69, 9.17) is 39.9 Å². The van der Waals surface area contributed by atoms with Gasteiger partial charge in [0.25, 0.3) is 0 Å². The molecule has 0 N–H and O–H groups in total. The highest BCUT2D eigenvalue weighted by Gasteiger charge is 2.28. The van der Waals surface area contributed by atoms with Crippen molar-refractivity contribution in [3.8, 4) is 136 Å². The monoisotopic (exact) mass is 1250 g/mol. The molecule has 0 atom stereocenters. The Hall–Kier alpha value is -13.4. The van der Waals surface area contributed by atoms with Gasteiger partial charge in [0.05, 0.1) is 50.5 Å². The van der Waals surface area contributed by atoms with Crippen molar-refractivity contribution in [1.29, 1.82) is 0 Å². The average Bonchev–Trinajstić information content (AvgIpc) is 1.55. The molecule has 18 aromatic rings. The predicted molar refractivity (Wildman–Crippen MR) is 397 cm³/mol. The van der Waals surface area contributed by atoms with Gasteiger partial charge in [0.2, 0.25) is 0 Å². The average molecular weight is 1250 g/mol. The summed E-state index contributed by atoms with van der Waals surface area (Å²) in [4.78, 5) is 43.7. The van der Waals surface area contributed by atoms with E-state index in [1.807, 2.05) is 84.9 Å². The van der Waals surface area contributed by atoms with Crippen molar-refractivity contribution in [1.82, 2.24) is 49.0 Å². The van der Waals surface area contributed by atoms with E-state index in [0.717, 1.165) is 133 Å². The van der Waals surface area contributed by atoms with Crippen molar-refractivity contribution in [2.24, 2.45) is 0 Å². The molecule has 0 aliphatic rings. The van der Waals surface area contributed by atoms with Crippen LogP contribution in [-0.2, 0) is 0 Å². The lowest BCUT2D eigenvalue weighted by atomic mass is 10.0. The Morgan fingerprint density at radius 1 is 0.173 bits per heavy atom. The summed E-state index contributed by atoms with van der Waals surface area (Å²) in [7, 11) is 0. The standard InChI is InChI=1S/C88H56N10/c1-8-26-57(27-9-1)64-46-49-79-70(52-64)71-54-66(77-44-25-42-75(90-77)59-30-12-3-13-31-59)47-50-80(71)97(79)67-55-72(87-93-83(60-32-14-4-15-33-60)91-84(94-87)61-34-16-5-17-35-61)82(73(56-67)88-95-85(62-36-18-6-19-37-62)92-86(96-88)63-38-20-7-21-39-63)98-78-45-23-22-40-68(78)69-53-65(48-51-81(69)98)76-43-24-41-74(89-76)58-28-10-2-11-29-58/h1-56H. The fourth-order valence-electron chi connectivity index (χ4n) is 13.6. The number of pyridine rings is 2. The fourth-order valence-corrected chi connectivity index (χ4v) is 13.6. The highest BCUT2D eigenvalue weighted by Crippen LogP contribution is 2.46. The first-order chi connectivity index (χ1) is 48.6. The summed E-state index contributed by atoms with van der Waals surface area (Å²) in [6.45, 7) is 0. The Kier molecular flexibility index (Phi) is 14.3. The van der Waals surface area contributed by atoms with Gasteiger partial charge in [-0.15, -0.1) is 0 Å². The second-order valence-electron chi connectivity index (χ2n) is 24.3. The first-order valence-corrected chi connectivity index (χ1v) is 32.7. The van der Waals surface area contributed by atoms with Crippen LogP contribution in [0.5, 0.6) is 0 Å². The first kappa shape index (κ1) is 57.2. The highest BCUT2D eigenvalue weighted by molar-refractivity contribution is 6.14. The minimum atomic E-state index is 0.444. The van der Waals surface area contributed by atoms with Crippen molar-refractivity contribution in [3.63, 3.8) is 0 Å². The Morgan fingerprint density at radius 3 is 0.878 bits per heavy atom. The molecule has 0 saturated heterocycles. The van der Waals surface area contributed by atoms with Gasteiger partial charge < -0.3 is 9.13 Å².